The standard InChI is InChI=1S/C16H21ClN4/c1-5-21(6-2)16-10-15(18-12(4)19-16)20-14-9-7-8-13(17)11(14)3/h7-10H,5-6H2,1-4H3,(H,18,19,20). The fourth-order valence-corrected chi connectivity index (χ4v) is 2.38. The summed E-state index contributed by atoms with van der Waals surface area (Å²) >= 11 is 6.16. The Labute approximate surface area is 131 Å². The molecule has 0 radical (unpaired) electrons. The van der Waals surface area contributed by atoms with Crippen LogP contribution in [0.3, 0.4) is 0 Å². The van der Waals surface area contributed by atoms with Gasteiger partial charge in [0.1, 0.15) is 17.5 Å². The second-order valence-electron chi connectivity index (χ2n) is 4.87. The maximum absolute atomic E-state index is 6.16. The van der Waals surface area contributed by atoms with Crippen LogP contribution in [0.25, 0.3) is 0 Å². The average Bonchev–Trinajstić information content (AvgIpc) is 2.45. The largest absolute Gasteiger partial charge is 0.357 e. The lowest BCUT2D eigenvalue weighted by molar-refractivity contribution is 0.835. The van der Waals surface area contributed by atoms with E-state index in [4.69, 9.17) is 11.6 Å². The molecule has 1 aromatic heterocycles. The Kier molecular flexibility index (Phi) is 5.02. The molecule has 0 aliphatic rings. The summed E-state index contributed by atoms with van der Waals surface area (Å²) in [6, 6.07) is 7.78. The van der Waals surface area contributed by atoms with Crippen LogP contribution in [0.2, 0.25) is 5.02 Å². The van der Waals surface area contributed by atoms with Crippen molar-refractivity contribution in [3.63, 3.8) is 0 Å². The van der Waals surface area contributed by atoms with E-state index in [1.807, 2.05) is 38.1 Å². The van der Waals surface area contributed by atoms with Gasteiger partial charge in [0.2, 0.25) is 0 Å². The van der Waals surface area contributed by atoms with Crippen molar-refractivity contribution < 1.29 is 0 Å². The van der Waals surface area contributed by atoms with Gasteiger partial charge in [0.15, 0.2) is 0 Å². The van der Waals surface area contributed by atoms with Gasteiger partial charge in [-0.2, -0.15) is 0 Å². The number of benzene rings is 1. The molecule has 1 N–H and O–H groups in total. The molecule has 2 aromatic rings. The minimum Gasteiger partial charge on any atom is -0.357 e. The van der Waals surface area contributed by atoms with E-state index in [1.165, 1.54) is 0 Å². The van der Waals surface area contributed by atoms with Crippen LogP contribution in [0.4, 0.5) is 17.3 Å². The highest BCUT2D eigenvalue weighted by Gasteiger charge is 2.09. The molecule has 21 heavy (non-hydrogen) atoms. The van der Waals surface area contributed by atoms with E-state index in [0.717, 1.165) is 46.8 Å². The second kappa shape index (κ2) is 6.76. The van der Waals surface area contributed by atoms with E-state index < -0.39 is 0 Å². The van der Waals surface area contributed by atoms with Gasteiger partial charge in [0.05, 0.1) is 0 Å². The lowest BCUT2D eigenvalue weighted by Crippen LogP contribution is -2.23. The highest BCUT2D eigenvalue weighted by molar-refractivity contribution is 6.31. The minimum absolute atomic E-state index is 0.745. The molecule has 0 unspecified atom stereocenters. The second-order valence-corrected chi connectivity index (χ2v) is 5.28. The highest BCUT2D eigenvalue weighted by atomic mass is 35.5. The van der Waals surface area contributed by atoms with E-state index in [2.05, 4.69) is 34.0 Å². The van der Waals surface area contributed by atoms with Crippen LogP contribution in [-0.4, -0.2) is 23.1 Å². The third kappa shape index (κ3) is 3.64. The molecule has 0 aliphatic heterocycles. The van der Waals surface area contributed by atoms with Gasteiger partial charge >= 0.3 is 0 Å². The molecular formula is C16H21ClN4. The van der Waals surface area contributed by atoms with Crippen molar-refractivity contribution >= 4 is 28.9 Å². The van der Waals surface area contributed by atoms with Gasteiger partial charge in [0, 0.05) is 29.9 Å². The number of aryl methyl sites for hydroxylation is 1. The lowest BCUT2D eigenvalue weighted by Gasteiger charge is -2.21. The first-order valence-electron chi connectivity index (χ1n) is 7.18. The summed E-state index contributed by atoms with van der Waals surface area (Å²) in [5.74, 6) is 2.48. The number of hydrogen-bond acceptors (Lipinski definition) is 4. The third-order valence-corrected chi connectivity index (χ3v) is 3.85. The number of halogens is 1. The number of nitrogens with one attached hydrogen (secondary N) is 1. The molecule has 0 saturated carbocycles. The van der Waals surface area contributed by atoms with E-state index in [9.17, 15) is 0 Å². The van der Waals surface area contributed by atoms with Crippen molar-refractivity contribution in [1.29, 1.82) is 0 Å². The minimum atomic E-state index is 0.745. The number of hydrogen-bond donors (Lipinski definition) is 1. The van der Waals surface area contributed by atoms with Crippen LogP contribution in [0.1, 0.15) is 25.2 Å². The SMILES string of the molecule is CCN(CC)c1cc(Nc2cccc(Cl)c2C)nc(C)n1. The summed E-state index contributed by atoms with van der Waals surface area (Å²) in [7, 11) is 0. The van der Waals surface area contributed by atoms with Crippen LogP contribution < -0.4 is 10.2 Å². The third-order valence-electron chi connectivity index (χ3n) is 3.44. The summed E-state index contributed by atoms with van der Waals surface area (Å²) in [4.78, 5) is 11.2. The number of nitrogens with zero attached hydrogens (tertiary/aromatic N) is 3. The smallest absolute Gasteiger partial charge is 0.136 e. The van der Waals surface area contributed by atoms with Gasteiger partial charge in [-0.3, -0.25) is 0 Å². The predicted molar refractivity (Wildman–Crippen MR) is 89.8 cm³/mol. The first kappa shape index (κ1) is 15.6. The Morgan fingerprint density at radius 1 is 1.14 bits per heavy atom. The van der Waals surface area contributed by atoms with E-state index in [-0.39, 0.29) is 0 Å². The average molecular weight is 305 g/mol. The van der Waals surface area contributed by atoms with Crippen LogP contribution in [-0.2, 0) is 0 Å². The molecular weight excluding hydrogens is 284 g/mol. The molecule has 1 heterocycles. The number of anilines is 3. The van der Waals surface area contributed by atoms with Crippen molar-refractivity contribution in [2.75, 3.05) is 23.3 Å². The van der Waals surface area contributed by atoms with Gasteiger partial charge in [-0.15, -0.1) is 0 Å². The van der Waals surface area contributed by atoms with Gasteiger partial charge in [-0.1, -0.05) is 17.7 Å². The van der Waals surface area contributed by atoms with E-state index in [1.54, 1.807) is 0 Å². The number of rotatable bonds is 5. The first-order valence-corrected chi connectivity index (χ1v) is 7.55. The van der Waals surface area contributed by atoms with Crippen molar-refractivity contribution in [3.8, 4) is 0 Å². The summed E-state index contributed by atoms with van der Waals surface area (Å²) in [6.07, 6.45) is 0. The number of aromatic nitrogens is 2. The maximum Gasteiger partial charge on any atom is 0.136 e. The van der Waals surface area contributed by atoms with Crippen molar-refractivity contribution in [1.82, 2.24) is 9.97 Å². The van der Waals surface area contributed by atoms with Crippen LogP contribution >= 0.6 is 11.6 Å². The molecule has 0 spiro atoms. The van der Waals surface area contributed by atoms with Crippen LogP contribution in [0.15, 0.2) is 24.3 Å². The topological polar surface area (TPSA) is 41.0 Å². The Balaban J connectivity index is 2.34. The molecule has 5 heteroatoms. The molecule has 0 bridgehead atoms. The Bertz CT molecular complexity index is 624. The Hall–Kier alpha value is -1.81. The fraction of sp³-hybridized carbons (Fsp3) is 0.375. The summed E-state index contributed by atoms with van der Waals surface area (Å²) < 4.78 is 0. The van der Waals surface area contributed by atoms with E-state index >= 15 is 0 Å². The van der Waals surface area contributed by atoms with Gasteiger partial charge < -0.3 is 10.2 Å². The van der Waals surface area contributed by atoms with Gasteiger partial charge in [-0.25, -0.2) is 9.97 Å². The van der Waals surface area contributed by atoms with Crippen molar-refractivity contribution in [3.05, 3.63) is 40.7 Å². The zero-order valence-electron chi connectivity index (χ0n) is 12.9. The van der Waals surface area contributed by atoms with E-state index in [0.29, 0.717) is 0 Å². The maximum atomic E-state index is 6.16. The molecule has 0 aliphatic carbocycles. The zero-order chi connectivity index (χ0) is 15.4. The summed E-state index contributed by atoms with van der Waals surface area (Å²) in [6.45, 7) is 9.97. The van der Waals surface area contributed by atoms with Crippen molar-refractivity contribution in [2.24, 2.45) is 0 Å². The molecule has 0 fully saturated rings. The molecule has 4 nitrogen and oxygen atoms in total. The van der Waals surface area contributed by atoms with Crippen molar-refractivity contribution in [2.45, 2.75) is 27.7 Å². The molecule has 0 amide bonds. The van der Waals surface area contributed by atoms with Gasteiger partial charge in [-0.05, 0) is 45.4 Å². The first-order chi connectivity index (χ1) is 10.0. The summed E-state index contributed by atoms with van der Waals surface area (Å²) in [5, 5.41) is 4.08. The molecule has 1 aromatic carbocycles. The molecule has 0 atom stereocenters. The lowest BCUT2D eigenvalue weighted by atomic mass is 10.2. The quantitative estimate of drug-likeness (QED) is 0.892. The van der Waals surface area contributed by atoms with Crippen LogP contribution in [0, 0.1) is 13.8 Å². The highest BCUT2D eigenvalue weighted by Crippen LogP contribution is 2.26. The molecule has 0 saturated heterocycles. The van der Waals surface area contributed by atoms with Crippen LogP contribution in [0.5, 0.6) is 0 Å². The summed E-state index contributed by atoms with van der Waals surface area (Å²) in [5.41, 5.74) is 1.98. The monoisotopic (exact) mass is 304 g/mol. The predicted octanol–water partition coefficient (Wildman–Crippen LogP) is 4.34. The zero-order valence-corrected chi connectivity index (χ0v) is 13.7. The normalized spacial score (nSPS) is 10.5. The fourth-order valence-electron chi connectivity index (χ4n) is 2.21. The molecule has 112 valence electrons. The molecule has 2 rings (SSSR count). The van der Waals surface area contributed by atoms with Gasteiger partial charge in [0.25, 0.3) is 0 Å². The Morgan fingerprint density at radius 3 is 2.52 bits per heavy atom. The Morgan fingerprint density at radius 2 is 1.86 bits per heavy atom.